The third kappa shape index (κ3) is 18.6. The summed E-state index contributed by atoms with van der Waals surface area (Å²) in [6.07, 6.45) is 26.6. The Hall–Kier alpha value is 0.430. The highest BCUT2D eigenvalue weighted by Crippen LogP contribution is 2.52. The quantitative estimate of drug-likeness (QED) is 0.173. The van der Waals surface area contributed by atoms with E-state index in [1.165, 1.54) is 109 Å². The smallest absolute Gasteiger partial charge is 0.0589 e. The molecule has 0 radical (unpaired) electrons. The van der Waals surface area contributed by atoms with Gasteiger partial charge in [-0.1, -0.05) is 97.3 Å². The van der Waals surface area contributed by atoms with Gasteiger partial charge in [-0.3, -0.25) is 0 Å². The van der Waals surface area contributed by atoms with Crippen LogP contribution in [0.25, 0.3) is 0 Å². The maximum atomic E-state index is 2.57. The van der Waals surface area contributed by atoms with Crippen molar-refractivity contribution < 1.29 is 0 Å². The molecule has 0 spiro atoms. The minimum Gasteiger partial charge on any atom is -0.0654 e. The van der Waals surface area contributed by atoms with E-state index in [0.717, 1.165) is 0 Å². The van der Waals surface area contributed by atoms with Crippen molar-refractivity contribution in [2.24, 2.45) is 0 Å². The lowest BCUT2D eigenvalue weighted by molar-refractivity contribution is 0.538. The Bertz CT molecular complexity index is 222. The van der Waals surface area contributed by atoms with E-state index in [9.17, 15) is 0 Å². The van der Waals surface area contributed by atoms with Crippen LogP contribution in [0.3, 0.4) is 0 Å². The minimum atomic E-state index is -0.544. The SMILES string of the molecule is CCCCCCCCCCCCCCCC[P+](C)(C)CCCC. The van der Waals surface area contributed by atoms with Crippen LogP contribution < -0.4 is 0 Å². The summed E-state index contributed by atoms with van der Waals surface area (Å²) >= 11 is 0. The summed E-state index contributed by atoms with van der Waals surface area (Å²) in [5.41, 5.74) is 0. The fourth-order valence-corrected chi connectivity index (χ4v) is 5.91. The molecule has 1 heteroatoms. The first-order valence-electron chi connectivity index (χ1n) is 10.9. The van der Waals surface area contributed by atoms with Crippen molar-refractivity contribution in [2.45, 2.75) is 117 Å². The van der Waals surface area contributed by atoms with E-state index in [1.807, 2.05) is 0 Å². The molecule has 0 bridgehead atoms. The molecular weight excluding hydrogens is 295 g/mol. The average molecular weight is 344 g/mol. The summed E-state index contributed by atoms with van der Waals surface area (Å²) in [5.74, 6) is 0. The summed E-state index contributed by atoms with van der Waals surface area (Å²) in [6.45, 7) is 9.77. The van der Waals surface area contributed by atoms with Gasteiger partial charge in [-0.05, 0) is 19.3 Å². The fourth-order valence-electron chi connectivity index (χ4n) is 3.43. The lowest BCUT2D eigenvalue weighted by Gasteiger charge is -2.17. The lowest BCUT2D eigenvalue weighted by atomic mass is 10.0. The van der Waals surface area contributed by atoms with E-state index >= 15 is 0 Å². The van der Waals surface area contributed by atoms with Gasteiger partial charge >= 0.3 is 0 Å². The topological polar surface area (TPSA) is 0 Å². The van der Waals surface area contributed by atoms with Gasteiger partial charge in [0.15, 0.2) is 0 Å². The van der Waals surface area contributed by atoms with Crippen LogP contribution in [0.2, 0.25) is 0 Å². The largest absolute Gasteiger partial charge is 0.0654 e. The monoisotopic (exact) mass is 343 g/mol. The first kappa shape index (κ1) is 23.4. The van der Waals surface area contributed by atoms with Crippen molar-refractivity contribution in [3.8, 4) is 0 Å². The number of hydrogen-bond donors (Lipinski definition) is 0. The van der Waals surface area contributed by atoms with Crippen molar-refractivity contribution in [3.05, 3.63) is 0 Å². The van der Waals surface area contributed by atoms with Crippen LogP contribution in [0, 0.1) is 0 Å². The van der Waals surface area contributed by atoms with Crippen LogP contribution in [-0.2, 0) is 0 Å². The van der Waals surface area contributed by atoms with E-state index in [-0.39, 0.29) is 0 Å². The van der Waals surface area contributed by atoms with Crippen molar-refractivity contribution in [1.82, 2.24) is 0 Å². The standard InChI is InChI=1S/C22H48P/c1-5-7-9-10-11-12-13-14-15-16-17-18-19-20-22-23(3,4)21-8-6-2/h5-22H2,1-4H3/q+1. The third-order valence-electron chi connectivity index (χ3n) is 5.23. The molecule has 0 nitrogen and oxygen atoms in total. The zero-order valence-electron chi connectivity index (χ0n) is 17.2. The Morgan fingerprint density at radius 3 is 1.09 bits per heavy atom. The van der Waals surface area contributed by atoms with Gasteiger partial charge in [0.05, 0.1) is 12.3 Å². The van der Waals surface area contributed by atoms with Gasteiger partial charge in [0.25, 0.3) is 0 Å². The summed E-state index contributed by atoms with van der Waals surface area (Å²) in [4.78, 5) is 0. The second kappa shape index (κ2) is 17.3. The van der Waals surface area contributed by atoms with E-state index in [4.69, 9.17) is 0 Å². The Labute approximate surface area is 149 Å². The first-order chi connectivity index (χ1) is 11.1. The molecule has 0 heterocycles. The zero-order chi connectivity index (χ0) is 17.2. The molecule has 0 amide bonds. The van der Waals surface area contributed by atoms with Crippen LogP contribution in [0.5, 0.6) is 0 Å². The predicted molar refractivity (Wildman–Crippen MR) is 114 cm³/mol. The number of rotatable bonds is 18. The van der Waals surface area contributed by atoms with Crippen LogP contribution in [0.1, 0.15) is 117 Å². The molecule has 0 aliphatic heterocycles. The van der Waals surface area contributed by atoms with Gasteiger partial charge in [-0.15, -0.1) is 0 Å². The molecule has 0 saturated carbocycles. The number of hydrogen-bond acceptors (Lipinski definition) is 0. The molecule has 0 N–H and O–H groups in total. The molecule has 0 atom stereocenters. The van der Waals surface area contributed by atoms with Gasteiger partial charge in [0, 0.05) is 20.6 Å². The highest BCUT2D eigenvalue weighted by Gasteiger charge is 2.22. The van der Waals surface area contributed by atoms with E-state index < -0.39 is 7.26 Å². The molecule has 0 aromatic rings. The normalized spacial score (nSPS) is 12.0. The summed E-state index contributed by atoms with van der Waals surface area (Å²) in [7, 11) is -0.544. The van der Waals surface area contributed by atoms with Crippen LogP contribution in [-0.4, -0.2) is 25.7 Å². The van der Waals surface area contributed by atoms with Crippen molar-refractivity contribution in [3.63, 3.8) is 0 Å². The van der Waals surface area contributed by atoms with Gasteiger partial charge in [-0.2, -0.15) is 0 Å². The van der Waals surface area contributed by atoms with E-state index in [2.05, 4.69) is 27.2 Å². The molecule has 0 rings (SSSR count). The van der Waals surface area contributed by atoms with Crippen LogP contribution in [0.4, 0.5) is 0 Å². The highest BCUT2D eigenvalue weighted by molar-refractivity contribution is 7.74. The molecule has 0 fully saturated rings. The predicted octanol–water partition coefficient (Wildman–Crippen LogP) is 8.55. The highest BCUT2D eigenvalue weighted by atomic mass is 31.2. The number of unbranched alkanes of at least 4 members (excludes halogenated alkanes) is 14. The molecule has 0 aromatic carbocycles. The maximum absolute atomic E-state index is 2.57. The van der Waals surface area contributed by atoms with Crippen LogP contribution in [0.15, 0.2) is 0 Å². The fraction of sp³-hybridized carbons (Fsp3) is 1.00. The molecule has 140 valence electrons. The molecule has 0 saturated heterocycles. The van der Waals surface area contributed by atoms with Gasteiger partial charge < -0.3 is 0 Å². The summed E-state index contributed by atoms with van der Waals surface area (Å²) in [5, 5.41) is 0. The van der Waals surface area contributed by atoms with Crippen molar-refractivity contribution >= 4 is 7.26 Å². The maximum Gasteiger partial charge on any atom is 0.0589 e. The van der Waals surface area contributed by atoms with Crippen molar-refractivity contribution in [2.75, 3.05) is 25.7 Å². The third-order valence-corrected chi connectivity index (χ3v) is 8.29. The summed E-state index contributed by atoms with van der Waals surface area (Å²) < 4.78 is 0. The van der Waals surface area contributed by atoms with Gasteiger partial charge in [0.1, 0.15) is 0 Å². The molecule has 0 aliphatic carbocycles. The lowest BCUT2D eigenvalue weighted by Crippen LogP contribution is -2.00. The molecule has 0 aliphatic rings. The zero-order valence-corrected chi connectivity index (χ0v) is 18.1. The minimum absolute atomic E-state index is 0.544. The van der Waals surface area contributed by atoms with E-state index in [0.29, 0.717) is 0 Å². The van der Waals surface area contributed by atoms with Crippen LogP contribution >= 0.6 is 7.26 Å². The second-order valence-corrected chi connectivity index (χ2v) is 13.1. The van der Waals surface area contributed by atoms with Crippen molar-refractivity contribution in [1.29, 1.82) is 0 Å². The van der Waals surface area contributed by atoms with Gasteiger partial charge in [0.2, 0.25) is 0 Å². The summed E-state index contributed by atoms with van der Waals surface area (Å²) in [6, 6.07) is 0. The Balaban J connectivity index is 3.16. The Morgan fingerprint density at radius 1 is 0.391 bits per heavy atom. The van der Waals surface area contributed by atoms with Gasteiger partial charge in [-0.25, -0.2) is 0 Å². The molecule has 23 heavy (non-hydrogen) atoms. The molecule has 0 unspecified atom stereocenters. The first-order valence-corrected chi connectivity index (χ1v) is 14.0. The Morgan fingerprint density at radius 2 is 0.696 bits per heavy atom. The molecule has 0 aromatic heterocycles. The van der Waals surface area contributed by atoms with E-state index in [1.54, 1.807) is 6.16 Å². The second-order valence-electron chi connectivity index (χ2n) is 8.33. The molecular formula is C22H48P+. The average Bonchev–Trinajstić information content (AvgIpc) is 2.53. The Kier molecular flexibility index (Phi) is 17.6.